The van der Waals surface area contributed by atoms with Crippen LogP contribution in [0.4, 0.5) is 8.78 Å². The molecule has 8 nitrogen and oxygen atoms in total. The fourth-order valence-electron chi connectivity index (χ4n) is 12.6. The third-order valence-electron chi connectivity index (χ3n) is 13.2. The van der Waals surface area contributed by atoms with Crippen LogP contribution in [0.3, 0.4) is 0 Å². The van der Waals surface area contributed by atoms with Crippen LogP contribution in [0.25, 0.3) is 0 Å². The van der Waals surface area contributed by atoms with Crippen molar-refractivity contribution >= 4 is 27.8 Å². The van der Waals surface area contributed by atoms with Crippen LogP contribution in [-0.2, 0) is 28.8 Å². The zero-order chi connectivity index (χ0) is 29.9. The standard InChI is InChI=1S/C32H44F2N2O6S/c33-32(34,43(40,41)42-36-27(37)25-3-1-2-4-26(25)28(36)38)29(39)35(17-30-11-19-5-20(12-30)7-21(6-19)13-30)18-31-14-22-8-23(15-31)10-24(9-22)16-31/h19-26H,1-18H2. The largest absolute Gasteiger partial charge is 0.449 e. The summed E-state index contributed by atoms with van der Waals surface area (Å²) in [6.07, 6.45) is 14.6. The lowest BCUT2D eigenvalue weighted by Crippen LogP contribution is -2.60. The molecule has 3 amide bonds. The van der Waals surface area contributed by atoms with E-state index in [-0.39, 0.29) is 29.0 Å². The monoisotopic (exact) mass is 622 g/mol. The maximum atomic E-state index is 16.1. The van der Waals surface area contributed by atoms with Gasteiger partial charge < -0.3 is 4.90 Å². The van der Waals surface area contributed by atoms with Crippen LogP contribution in [0.2, 0.25) is 0 Å². The van der Waals surface area contributed by atoms with E-state index in [0.29, 0.717) is 61.2 Å². The Morgan fingerprint density at radius 1 is 0.744 bits per heavy atom. The molecule has 0 aromatic carbocycles. The highest BCUT2D eigenvalue weighted by Gasteiger charge is 2.63. The van der Waals surface area contributed by atoms with Crippen molar-refractivity contribution in [2.75, 3.05) is 13.1 Å². The minimum Gasteiger partial charge on any atom is -0.335 e. The molecule has 10 rings (SSSR count). The van der Waals surface area contributed by atoms with E-state index in [2.05, 4.69) is 4.28 Å². The molecule has 0 spiro atoms. The molecule has 1 aliphatic heterocycles. The van der Waals surface area contributed by atoms with Gasteiger partial charge in [-0.3, -0.25) is 14.4 Å². The SMILES string of the molecule is O=C1C2CCCCC2C(=O)N1OS(=O)(=O)C(F)(F)C(=O)N(CC12CC3CC(CC(C3)C1)C2)CC12CC3CC(CC(C3)C1)C2. The van der Waals surface area contributed by atoms with E-state index in [0.717, 1.165) is 38.5 Å². The quantitative estimate of drug-likeness (QED) is 0.342. The zero-order valence-corrected chi connectivity index (χ0v) is 25.7. The predicted octanol–water partition coefficient (Wildman–Crippen LogP) is 5.28. The Morgan fingerprint density at radius 3 is 1.44 bits per heavy atom. The summed E-state index contributed by atoms with van der Waals surface area (Å²) in [7, 11) is -5.97. The lowest BCUT2D eigenvalue weighted by atomic mass is 9.48. The second-order valence-corrected chi connectivity index (χ2v) is 18.1. The molecule has 2 unspecified atom stereocenters. The van der Waals surface area contributed by atoms with Gasteiger partial charge in [-0.15, -0.1) is 9.35 Å². The summed E-state index contributed by atoms with van der Waals surface area (Å²) in [5.41, 5.74) is -0.520. The first kappa shape index (κ1) is 28.8. The van der Waals surface area contributed by atoms with Crippen LogP contribution in [0.5, 0.6) is 0 Å². The van der Waals surface area contributed by atoms with E-state index in [4.69, 9.17) is 0 Å². The highest BCUT2D eigenvalue weighted by atomic mass is 32.2. The summed E-state index contributed by atoms with van der Waals surface area (Å²) < 4.78 is 63.2. The van der Waals surface area contributed by atoms with E-state index >= 15 is 8.78 Å². The normalized spacial score (nSPS) is 44.7. The lowest BCUT2D eigenvalue weighted by molar-refractivity contribution is -0.170. The molecule has 11 heteroatoms. The van der Waals surface area contributed by atoms with Gasteiger partial charge in [0.05, 0.1) is 11.8 Å². The van der Waals surface area contributed by atoms with Crippen molar-refractivity contribution in [3.8, 4) is 0 Å². The van der Waals surface area contributed by atoms with E-state index in [9.17, 15) is 22.8 Å². The van der Waals surface area contributed by atoms with Crippen molar-refractivity contribution < 1.29 is 35.9 Å². The van der Waals surface area contributed by atoms with Crippen molar-refractivity contribution in [1.29, 1.82) is 0 Å². The Hall–Kier alpha value is -1.62. The van der Waals surface area contributed by atoms with Crippen LogP contribution >= 0.6 is 0 Å². The van der Waals surface area contributed by atoms with Crippen molar-refractivity contribution in [3.05, 3.63) is 0 Å². The van der Waals surface area contributed by atoms with Crippen LogP contribution in [0.15, 0.2) is 0 Å². The summed E-state index contributed by atoms with van der Waals surface area (Å²) in [5.74, 6) is -1.79. The number of hydrogen-bond acceptors (Lipinski definition) is 6. The summed E-state index contributed by atoms with van der Waals surface area (Å²) in [6, 6.07) is 0. The second-order valence-electron chi connectivity index (χ2n) is 16.5. The number of alkyl halides is 2. The van der Waals surface area contributed by atoms with Crippen molar-refractivity contribution in [3.63, 3.8) is 0 Å². The molecule has 9 saturated carbocycles. The third-order valence-corrected chi connectivity index (χ3v) is 14.4. The summed E-state index contributed by atoms with van der Waals surface area (Å²) in [6.45, 7) is 0.293. The molecule has 10 fully saturated rings. The number of nitrogens with zero attached hydrogens (tertiary/aromatic N) is 2. The van der Waals surface area contributed by atoms with Crippen molar-refractivity contribution in [2.24, 2.45) is 58.2 Å². The maximum Gasteiger partial charge on any atom is 0.449 e. The molecule has 0 N–H and O–H groups in total. The highest BCUT2D eigenvalue weighted by molar-refractivity contribution is 7.88. The number of rotatable bonds is 8. The Morgan fingerprint density at radius 2 is 1.09 bits per heavy atom. The number of fused-ring (bicyclic) bond motifs is 1. The topological polar surface area (TPSA) is 101 Å². The Balaban J connectivity index is 1.08. The minimum atomic E-state index is -5.97. The Bertz CT molecular complexity index is 1190. The first-order chi connectivity index (χ1) is 20.3. The molecular weight excluding hydrogens is 578 g/mol. The first-order valence-electron chi connectivity index (χ1n) is 16.8. The van der Waals surface area contributed by atoms with Crippen molar-refractivity contribution in [2.45, 2.75) is 108 Å². The van der Waals surface area contributed by atoms with Crippen LogP contribution in [-0.4, -0.2) is 54.4 Å². The number of imide groups is 1. The Labute approximate surface area is 252 Å². The minimum absolute atomic E-state index is 0.0136. The van der Waals surface area contributed by atoms with Gasteiger partial charge in [0, 0.05) is 13.1 Å². The fourth-order valence-corrected chi connectivity index (χ4v) is 13.4. The van der Waals surface area contributed by atoms with Crippen LogP contribution in [0.1, 0.15) is 103 Å². The molecule has 0 aromatic heterocycles. The fraction of sp³-hybridized carbons (Fsp3) is 0.906. The van der Waals surface area contributed by atoms with E-state index in [1.54, 1.807) is 0 Å². The third kappa shape index (κ3) is 4.63. The van der Waals surface area contributed by atoms with E-state index < -0.39 is 44.9 Å². The average Bonchev–Trinajstić information content (AvgIpc) is 3.15. The molecule has 2 atom stereocenters. The molecular formula is C32H44F2N2O6S. The van der Waals surface area contributed by atoms with Gasteiger partial charge in [-0.1, -0.05) is 12.8 Å². The number of halogens is 2. The molecule has 0 aromatic rings. The van der Waals surface area contributed by atoms with Gasteiger partial charge in [-0.05, 0) is 136 Å². The summed E-state index contributed by atoms with van der Waals surface area (Å²) in [5, 5.41) is -4.91. The molecule has 8 bridgehead atoms. The predicted molar refractivity (Wildman–Crippen MR) is 150 cm³/mol. The molecule has 43 heavy (non-hydrogen) atoms. The first-order valence-corrected chi connectivity index (χ1v) is 18.2. The van der Waals surface area contributed by atoms with Gasteiger partial charge in [0.15, 0.2) is 0 Å². The van der Waals surface area contributed by atoms with Crippen LogP contribution in [0, 0.1) is 58.2 Å². The molecule has 1 saturated heterocycles. The number of amides is 3. The molecule has 0 radical (unpaired) electrons. The van der Waals surface area contributed by atoms with Gasteiger partial charge in [0.25, 0.3) is 11.8 Å². The Kier molecular flexibility index (Phi) is 6.50. The van der Waals surface area contributed by atoms with Gasteiger partial charge in [0.2, 0.25) is 0 Å². The average molecular weight is 623 g/mol. The van der Waals surface area contributed by atoms with Gasteiger partial charge in [-0.2, -0.15) is 17.2 Å². The number of hydroxylamine groups is 2. The summed E-state index contributed by atoms with van der Waals surface area (Å²) >= 11 is 0. The molecule has 10 aliphatic rings. The molecule has 238 valence electrons. The smallest absolute Gasteiger partial charge is 0.335 e. The number of carbonyl (C=O) groups excluding carboxylic acids is 3. The lowest BCUT2D eigenvalue weighted by Gasteiger charge is -2.60. The molecule has 9 aliphatic carbocycles. The second kappa shape index (κ2) is 9.69. The van der Waals surface area contributed by atoms with E-state index in [1.165, 1.54) is 43.4 Å². The maximum absolute atomic E-state index is 16.1. The van der Waals surface area contributed by atoms with Gasteiger partial charge in [-0.25, -0.2) is 0 Å². The highest BCUT2D eigenvalue weighted by Crippen LogP contribution is 2.62. The summed E-state index contributed by atoms with van der Waals surface area (Å²) in [4.78, 5) is 40.9. The number of hydrogen-bond donors (Lipinski definition) is 0. The van der Waals surface area contributed by atoms with E-state index in [1.807, 2.05) is 0 Å². The van der Waals surface area contributed by atoms with Gasteiger partial charge >= 0.3 is 21.3 Å². The van der Waals surface area contributed by atoms with Crippen molar-refractivity contribution in [1.82, 2.24) is 9.96 Å². The zero-order valence-electron chi connectivity index (χ0n) is 24.9. The molecule has 1 heterocycles. The number of carbonyl (C=O) groups is 3. The van der Waals surface area contributed by atoms with Crippen LogP contribution < -0.4 is 0 Å². The van der Waals surface area contributed by atoms with Gasteiger partial charge in [0.1, 0.15) is 0 Å².